The Bertz CT molecular complexity index is 149. The molecule has 6 heteroatoms. The minimum absolute atomic E-state index is 0.884. The topological polar surface area (TPSA) is 126 Å². The van der Waals surface area contributed by atoms with Gasteiger partial charge in [-0.1, -0.05) is 54.4 Å². The van der Waals surface area contributed by atoms with Crippen LogP contribution in [0.1, 0.15) is 54.4 Å². The molecule has 18 heavy (non-hydrogen) atoms. The van der Waals surface area contributed by atoms with E-state index in [1.807, 2.05) is 0 Å². The van der Waals surface area contributed by atoms with E-state index in [9.17, 15) is 0 Å². The number of hydrogen-bond acceptors (Lipinski definition) is 6. The summed E-state index contributed by atoms with van der Waals surface area (Å²) < 4.78 is 0. The van der Waals surface area contributed by atoms with Crippen molar-refractivity contribution in [2.24, 2.45) is 11.8 Å². The minimum atomic E-state index is -2.33. The van der Waals surface area contributed by atoms with Crippen molar-refractivity contribution in [2.75, 3.05) is 0 Å². The Morgan fingerprint density at radius 2 is 0.778 bits per heavy atom. The average Bonchev–Trinajstić information content (AvgIpc) is 2.16. The molecule has 0 bridgehead atoms. The van der Waals surface area contributed by atoms with Crippen LogP contribution in [-0.4, -0.2) is 12.3 Å². The molecule has 0 unspecified atom stereocenters. The number of carbonyl (C=O) groups is 2. The molecule has 0 N–H and O–H groups in total. The smallest absolute Gasteiger partial charge is 0.0431 e. The van der Waals surface area contributed by atoms with E-state index in [1.54, 1.807) is 0 Å². The van der Waals surface area contributed by atoms with Gasteiger partial charge in [-0.2, -0.15) is 0 Å². The van der Waals surface area contributed by atoms with E-state index in [1.165, 1.54) is 12.8 Å². The maximum Gasteiger partial charge on any atom is -0.0431 e. The van der Waals surface area contributed by atoms with Crippen molar-refractivity contribution in [1.29, 1.82) is 0 Å². The molecule has 6 nitrogen and oxygen atoms in total. The molecule has 0 saturated heterocycles. The molecule has 0 radical (unpaired) electrons. The number of rotatable bonds is 2. The maximum atomic E-state index is 8.33. The van der Waals surface area contributed by atoms with Gasteiger partial charge in [0.05, 0.1) is 0 Å². The Morgan fingerprint density at radius 1 is 0.722 bits per heavy atom. The zero-order chi connectivity index (χ0) is 15.7. The second-order valence-electron chi connectivity index (χ2n) is 4.10. The Labute approximate surface area is 109 Å². The van der Waals surface area contributed by atoms with Gasteiger partial charge in [0.15, 0.2) is 0 Å². The summed E-state index contributed by atoms with van der Waals surface area (Å²) in [4.78, 5) is 16.7. The van der Waals surface area contributed by atoms with Gasteiger partial charge < -0.3 is 30.0 Å². The highest BCUT2D eigenvalue weighted by atomic mass is 16.6. The first-order chi connectivity index (χ1) is 8.00. The van der Waals surface area contributed by atoms with Crippen LogP contribution in [0.5, 0.6) is 0 Å². The third-order valence-corrected chi connectivity index (χ3v) is 1.63. The Balaban J connectivity index is -0.0000000731. The van der Waals surface area contributed by atoms with Gasteiger partial charge in [-0.15, -0.1) is 0 Å². The van der Waals surface area contributed by atoms with E-state index in [0.29, 0.717) is 0 Å². The van der Waals surface area contributed by atoms with Gasteiger partial charge in [0.1, 0.15) is 0 Å². The van der Waals surface area contributed by atoms with E-state index < -0.39 is 12.3 Å². The van der Waals surface area contributed by atoms with Crippen LogP contribution in [0, 0.1) is 11.8 Å². The van der Waals surface area contributed by atoms with Crippen molar-refractivity contribution in [1.82, 2.24) is 0 Å². The summed E-state index contributed by atoms with van der Waals surface area (Å²) in [6, 6.07) is 0. The van der Waals surface area contributed by atoms with Crippen LogP contribution < -0.4 is 20.4 Å². The Kier molecular flexibility index (Phi) is 29.5. The molecule has 0 aromatic heterocycles. The van der Waals surface area contributed by atoms with Crippen molar-refractivity contribution >= 4 is 12.3 Å². The molecule has 0 aromatic rings. The molecule has 0 rings (SSSR count). The van der Waals surface area contributed by atoms with Gasteiger partial charge in [-0.05, 0) is 24.1 Å². The number of hydrogen-bond donors (Lipinski definition) is 0. The normalized spacial score (nSPS) is 8.00. The predicted molar refractivity (Wildman–Crippen MR) is 61.1 cm³/mol. The summed E-state index contributed by atoms with van der Waals surface area (Å²) >= 11 is 0. The first-order valence-corrected chi connectivity index (χ1v) is 5.76. The predicted octanol–water partition coefficient (Wildman–Crippen LogP) is -0.789. The van der Waals surface area contributed by atoms with Gasteiger partial charge in [-0.25, -0.2) is 0 Å². The zero-order valence-electron chi connectivity index (χ0n) is 12.0. The van der Waals surface area contributed by atoms with Crippen LogP contribution >= 0.6 is 0 Å². The molecule has 0 aliphatic carbocycles. The first-order valence-electron chi connectivity index (χ1n) is 5.76. The lowest BCUT2D eigenvalue weighted by Gasteiger charge is -1.96. The fraction of sp³-hybridized carbons (Fsp3) is 0.833. The van der Waals surface area contributed by atoms with Crippen LogP contribution in [0.15, 0.2) is 0 Å². The standard InChI is InChI=1S/2C5H12.2CH2O3/c2*1-4-5(2)3;2*2-1(3)4/h2*5H,4H2,1-3H3;2*(H2,2,3,4)/p-4. The third kappa shape index (κ3) is 413. The minimum Gasteiger partial charge on any atom is -0.652 e. The molecule has 0 aromatic carbocycles. The fourth-order valence-corrected chi connectivity index (χ4v) is 0. The van der Waals surface area contributed by atoms with E-state index in [-0.39, 0.29) is 0 Å². The lowest BCUT2D eigenvalue weighted by atomic mass is 10.2. The lowest BCUT2D eigenvalue weighted by Crippen LogP contribution is -2.37. The second-order valence-corrected chi connectivity index (χ2v) is 4.10. The SMILES string of the molecule is CCC(C)C.CCC(C)C.O=C([O-])[O-].O=C([O-])[O-]. The largest absolute Gasteiger partial charge is 0.652 e. The average molecular weight is 264 g/mol. The van der Waals surface area contributed by atoms with Gasteiger partial charge in [-0.3, -0.25) is 0 Å². The molecule has 0 aliphatic rings. The van der Waals surface area contributed by atoms with E-state index in [2.05, 4.69) is 41.5 Å². The van der Waals surface area contributed by atoms with Gasteiger partial charge in [0, 0.05) is 0 Å². The van der Waals surface area contributed by atoms with E-state index in [0.717, 1.165) is 11.8 Å². The molecule has 0 saturated carbocycles. The molecular weight excluding hydrogens is 240 g/mol. The zero-order valence-corrected chi connectivity index (χ0v) is 12.0. The number of carbonyl (C=O) groups excluding carboxylic acids is 2. The quantitative estimate of drug-likeness (QED) is 0.643. The number of carboxylic acid groups (broad SMARTS) is 4. The van der Waals surface area contributed by atoms with Crippen molar-refractivity contribution in [3.63, 3.8) is 0 Å². The highest BCUT2D eigenvalue weighted by Crippen LogP contribution is 1.94. The fourth-order valence-electron chi connectivity index (χ4n) is 0. The van der Waals surface area contributed by atoms with Gasteiger partial charge >= 0.3 is 0 Å². The molecule has 0 fully saturated rings. The van der Waals surface area contributed by atoms with Crippen LogP contribution in [0.3, 0.4) is 0 Å². The van der Waals surface area contributed by atoms with Gasteiger partial charge in [0.25, 0.3) is 0 Å². The highest BCUT2D eigenvalue weighted by Gasteiger charge is 1.80. The molecule has 0 amide bonds. The van der Waals surface area contributed by atoms with E-state index >= 15 is 0 Å². The molecular formula is C12H24O6-4. The molecule has 0 heterocycles. The third-order valence-electron chi connectivity index (χ3n) is 1.63. The summed E-state index contributed by atoms with van der Waals surface area (Å²) in [6.45, 7) is 13.3. The van der Waals surface area contributed by atoms with Crippen molar-refractivity contribution in [3.05, 3.63) is 0 Å². The van der Waals surface area contributed by atoms with Crippen LogP contribution in [0.4, 0.5) is 9.59 Å². The molecule has 0 atom stereocenters. The van der Waals surface area contributed by atoms with Crippen LogP contribution in [-0.2, 0) is 0 Å². The summed E-state index contributed by atoms with van der Waals surface area (Å²) in [7, 11) is 0. The first kappa shape index (κ1) is 25.4. The van der Waals surface area contributed by atoms with Crippen molar-refractivity contribution < 1.29 is 30.0 Å². The molecule has 0 spiro atoms. The highest BCUT2D eigenvalue weighted by molar-refractivity contribution is 5.47. The Morgan fingerprint density at radius 3 is 0.778 bits per heavy atom. The van der Waals surface area contributed by atoms with Crippen molar-refractivity contribution in [2.45, 2.75) is 54.4 Å². The van der Waals surface area contributed by atoms with Crippen LogP contribution in [0.2, 0.25) is 0 Å². The summed E-state index contributed by atoms with van der Waals surface area (Å²) in [5.74, 6) is 1.77. The van der Waals surface area contributed by atoms with Crippen LogP contribution in [0.25, 0.3) is 0 Å². The van der Waals surface area contributed by atoms with Crippen molar-refractivity contribution in [3.8, 4) is 0 Å². The maximum absolute atomic E-state index is 8.33. The lowest BCUT2D eigenvalue weighted by molar-refractivity contribution is -0.417. The second kappa shape index (κ2) is 20.9. The summed E-state index contributed by atoms with van der Waals surface area (Å²) in [5.41, 5.74) is 0. The summed E-state index contributed by atoms with van der Waals surface area (Å²) in [6.07, 6.45) is -2.06. The molecule has 0 aliphatic heterocycles. The summed E-state index contributed by atoms with van der Waals surface area (Å²) in [5, 5.41) is 33.3. The van der Waals surface area contributed by atoms with E-state index in [4.69, 9.17) is 30.0 Å². The monoisotopic (exact) mass is 264 g/mol. The molecule has 112 valence electrons. The van der Waals surface area contributed by atoms with Gasteiger partial charge in [0.2, 0.25) is 0 Å². The Hall–Kier alpha value is -1.46.